The van der Waals surface area contributed by atoms with Crippen LogP contribution in [0.1, 0.15) is 29.1 Å². The summed E-state index contributed by atoms with van der Waals surface area (Å²) in [6, 6.07) is 12.4. The van der Waals surface area contributed by atoms with E-state index >= 15 is 0 Å². The van der Waals surface area contributed by atoms with Crippen LogP contribution in [0.5, 0.6) is 5.75 Å². The van der Waals surface area contributed by atoms with Gasteiger partial charge in [-0.3, -0.25) is 30.6 Å². The normalized spacial score (nSPS) is 10.4. The van der Waals surface area contributed by atoms with Crippen LogP contribution in [-0.4, -0.2) is 34.0 Å². The fourth-order valence-corrected chi connectivity index (χ4v) is 2.64. The summed E-state index contributed by atoms with van der Waals surface area (Å²) in [4.78, 5) is 38.4. The Hall–Kier alpha value is -4.28. The number of hydrogen-bond acceptors (Lipinski definition) is 8. The molecule has 0 atom stereocenters. The zero-order valence-corrected chi connectivity index (χ0v) is 16.5. The van der Waals surface area contributed by atoms with Gasteiger partial charge in [0.25, 0.3) is 11.6 Å². The van der Waals surface area contributed by atoms with E-state index < -0.39 is 16.7 Å². The van der Waals surface area contributed by atoms with E-state index in [1.807, 2.05) is 12.1 Å². The minimum Gasteiger partial charge on any atom is -0.497 e. The van der Waals surface area contributed by atoms with Gasteiger partial charge in [0, 0.05) is 36.1 Å². The van der Waals surface area contributed by atoms with Crippen molar-refractivity contribution >= 4 is 17.5 Å². The van der Waals surface area contributed by atoms with Crippen molar-refractivity contribution in [2.75, 3.05) is 7.11 Å². The van der Waals surface area contributed by atoms with Gasteiger partial charge in [0.1, 0.15) is 5.75 Å². The summed E-state index contributed by atoms with van der Waals surface area (Å²) >= 11 is 0. The molecule has 0 unspecified atom stereocenters. The first-order chi connectivity index (χ1) is 15.0. The van der Waals surface area contributed by atoms with Crippen LogP contribution >= 0.6 is 0 Å². The Labute approximate surface area is 176 Å². The Kier molecular flexibility index (Phi) is 6.89. The standard InChI is InChI=1S/C20H19N5O6/c1-30-16-10-8-13(9-11-16)19-21-18(31-24-19)7-3-6-17(26)22-23-20(27)14-4-2-5-15(12-14)25(28)29/h2,4-5,8-12H,3,6-7H2,1H3,(H,22,26)(H,23,27). The van der Waals surface area contributed by atoms with E-state index in [2.05, 4.69) is 21.0 Å². The average Bonchev–Trinajstić information content (AvgIpc) is 3.26. The molecule has 3 rings (SSSR count). The van der Waals surface area contributed by atoms with Crippen LogP contribution in [0, 0.1) is 10.1 Å². The number of carbonyl (C=O) groups excluding carboxylic acids is 2. The van der Waals surface area contributed by atoms with Crippen molar-refractivity contribution in [1.29, 1.82) is 0 Å². The van der Waals surface area contributed by atoms with Crippen molar-refractivity contribution in [3.05, 3.63) is 70.1 Å². The predicted molar refractivity (Wildman–Crippen MR) is 108 cm³/mol. The maximum absolute atomic E-state index is 12.0. The van der Waals surface area contributed by atoms with Crippen molar-refractivity contribution in [1.82, 2.24) is 21.0 Å². The highest BCUT2D eigenvalue weighted by atomic mass is 16.6. The van der Waals surface area contributed by atoms with E-state index in [9.17, 15) is 19.7 Å². The molecule has 2 aromatic carbocycles. The number of benzene rings is 2. The molecule has 0 bridgehead atoms. The number of nitrogens with one attached hydrogen (secondary N) is 2. The second-order valence-electron chi connectivity index (χ2n) is 6.40. The number of aryl methyl sites for hydroxylation is 1. The van der Waals surface area contributed by atoms with Gasteiger partial charge in [0.05, 0.1) is 12.0 Å². The van der Waals surface area contributed by atoms with Crippen LogP contribution in [0.2, 0.25) is 0 Å². The number of nitrogens with zero attached hydrogens (tertiary/aromatic N) is 3. The lowest BCUT2D eigenvalue weighted by Gasteiger charge is -2.06. The third-order valence-electron chi connectivity index (χ3n) is 4.25. The summed E-state index contributed by atoms with van der Waals surface area (Å²) in [5.41, 5.74) is 5.12. The third kappa shape index (κ3) is 5.85. The number of nitro benzene ring substituents is 1. The van der Waals surface area contributed by atoms with E-state index in [1.54, 1.807) is 19.2 Å². The Morgan fingerprint density at radius 2 is 1.94 bits per heavy atom. The Morgan fingerprint density at radius 3 is 2.65 bits per heavy atom. The third-order valence-corrected chi connectivity index (χ3v) is 4.25. The van der Waals surface area contributed by atoms with Crippen LogP contribution < -0.4 is 15.6 Å². The molecule has 160 valence electrons. The maximum Gasteiger partial charge on any atom is 0.270 e. The number of amides is 2. The minimum absolute atomic E-state index is 0.0615. The number of hydrazine groups is 1. The highest BCUT2D eigenvalue weighted by molar-refractivity contribution is 5.95. The van der Waals surface area contributed by atoms with Gasteiger partial charge in [-0.15, -0.1) is 0 Å². The molecular weight excluding hydrogens is 406 g/mol. The van der Waals surface area contributed by atoms with Crippen LogP contribution in [0.15, 0.2) is 53.1 Å². The monoisotopic (exact) mass is 425 g/mol. The van der Waals surface area contributed by atoms with Crippen molar-refractivity contribution < 1.29 is 23.8 Å². The molecule has 2 N–H and O–H groups in total. The fourth-order valence-electron chi connectivity index (χ4n) is 2.64. The van der Waals surface area contributed by atoms with E-state index in [4.69, 9.17) is 9.26 Å². The smallest absolute Gasteiger partial charge is 0.270 e. The molecule has 0 aliphatic rings. The van der Waals surface area contributed by atoms with Gasteiger partial charge in [0.15, 0.2) is 0 Å². The zero-order chi connectivity index (χ0) is 22.2. The number of carbonyl (C=O) groups is 2. The van der Waals surface area contributed by atoms with Gasteiger partial charge in [-0.2, -0.15) is 4.98 Å². The molecule has 3 aromatic rings. The van der Waals surface area contributed by atoms with Crippen molar-refractivity contribution in [3.63, 3.8) is 0 Å². The number of ether oxygens (including phenoxy) is 1. The number of methoxy groups -OCH3 is 1. The lowest BCUT2D eigenvalue weighted by molar-refractivity contribution is -0.384. The molecule has 0 radical (unpaired) electrons. The fraction of sp³-hybridized carbons (Fsp3) is 0.200. The lowest BCUT2D eigenvalue weighted by Crippen LogP contribution is -2.41. The molecule has 2 amide bonds. The number of non-ortho nitro benzene ring substituents is 1. The largest absolute Gasteiger partial charge is 0.497 e. The quantitative estimate of drug-likeness (QED) is 0.413. The summed E-state index contributed by atoms with van der Waals surface area (Å²) in [5.74, 6) is 0.466. The highest BCUT2D eigenvalue weighted by Crippen LogP contribution is 2.20. The van der Waals surface area contributed by atoms with Gasteiger partial charge in [-0.25, -0.2) is 0 Å². The molecule has 1 aromatic heterocycles. The van der Waals surface area contributed by atoms with E-state index in [-0.39, 0.29) is 17.7 Å². The number of hydrogen-bond donors (Lipinski definition) is 2. The van der Waals surface area contributed by atoms with Crippen LogP contribution in [0.4, 0.5) is 5.69 Å². The summed E-state index contributed by atoms with van der Waals surface area (Å²) in [6.45, 7) is 0. The average molecular weight is 425 g/mol. The molecule has 0 fully saturated rings. The zero-order valence-electron chi connectivity index (χ0n) is 16.5. The minimum atomic E-state index is -0.655. The Balaban J connectivity index is 1.43. The van der Waals surface area contributed by atoms with E-state index in [1.165, 1.54) is 18.2 Å². The van der Waals surface area contributed by atoms with Gasteiger partial charge in [-0.1, -0.05) is 11.2 Å². The molecule has 1 heterocycles. The van der Waals surface area contributed by atoms with Crippen molar-refractivity contribution in [2.45, 2.75) is 19.3 Å². The van der Waals surface area contributed by atoms with Gasteiger partial charge < -0.3 is 9.26 Å². The van der Waals surface area contributed by atoms with Crippen LogP contribution in [0.25, 0.3) is 11.4 Å². The van der Waals surface area contributed by atoms with Crippen LogP contribution in [0.3, 0.4) is 0 Å². The van der Waals surface area contributed by atoms with E-state index in [0.717, 1.165) is 17.4 Å². The summed E-state index contributed by atoms with van der Waals surface area (Å²) in [5, 5.41) is 14.7. The van der Waals surface area contributed by atoms with E-state index in [0.29, 0.717) is 24.6 Å². The molecule has 0 aliphatic carbocycles. The first kappa shape index (κ1) is 21.4. The second kappa shape index (κ2) is 9.96. The molecule has 11 heteroatoms. The molecule has 0 aliphatic heterocycles. The number of aromatic nitrogens is 2. The molecule has 0 spiro atoms. The second-order valence-corrected chi connectivity index (χ2v) is 6.40. The Morgan fingerprint density at radius 1 is 1.16 bits per heavy atom. The molecular formula is C20H19N5O6. The molecule has 0 saturated heterocycles. The molecule has 11 nitrogen and oxygen atoms in total. The van der Waals surface area contributed by atoms with Crippen LogP contribution in [-0.2, 0) is 11.2 Å². The van der Waals surface area contributed by atoms with Gasteiger partial charge >= 0.3 is 0 Å². The molecule has 0 saturated carbocycles. The highest BCUT2D eigenvalue weighted by Gasteiger charge is 2.13. The van der Waals surface area contributed by atoms with Gasteiger partial charge in [0.2, 0.25) is 17.6 Å². The van der Waals surface area contributed by atoms with Crippen molar-refractivity contribution in [2.24, 2.45) is 0 Å². The Bertz CT molecular complexity index is 1080. The summed E-state index contributed by atoms with van der Waals surface area (Å²) in [7, 11) is 1.58. The topological polar surface area (TPSA) is 149 Å². The SMILES string of the molecule is COc1ccc(-c2noc(CCCC(=O)NNC(=O)c3cccc([N+](=O)[O-])c3)n2)cc1. The maximum atomic E-state index is 12.0. The van der Waals surface area contributed by atoms with Crippen molar-refractivity contribution in [3.8, 4) is 17.1 Å². The van der Waals surface area contributed by atoms with Gasteiger partial charge in [-0.05, 0) is 36.8 Å². The number of rotatable bonds is 8. The first-order valence-electron chi connectivity index (χ1n) is 9.27. The lowest BCUT2D eigenvalue weighted by atomic mass is 10.2. The number of nitro groups is 1. The summed E-state index contributed by atoms with van der Waals surface area (Å²) < 4.78 is 10.3. The summed E-state index contributed by atoms with van der Waals surface area (Å²) in [6.07, 6.45) is 0.910. The first-order valence-corrected chi connectivity index (χ1v) is 9.27. The predicted octanol–water partition coefficient (Wildman–Crippen LogP) is 2.44. The molecule has 31 heavy (non-hydrogen) atoms.